The van der Waals surface area contributed by atoms with E-state index in [0.29, 0.717) is 6.61 Å². The summed E-state index contributed by atoms with van der Waals surface area (Å²) in [6, 6.07) is 0. The average molecular weight is 205 g/mol. The summed E-state index contributed by atoms with van der Waals surface area (Å²) < 4.78 is 10.6. The Hall–Kier alpha value is -0.0400. The van der Waals surface area contributed by atoms with E-state index in [1.165, 1.54) is 0 Å². The van der Waals surface area contributed by atoms with Gasteiger partial charge in [0.1, 0.15) is 6.10 Å². The Bertz CT molecular complexity index is 178. The molecule has 0 amide bonds. The lowest BCUT2D eigenvalue weighted by molar-refractivity contribution is -0.132. The van der Waals surface area contributed by atoms with Crippen molar-refractivity contribution in [2.75, 3.05) is 6.61 Å². The molecule has 1 atom stereocenters. The van der Waals surface area contributed by atoms with Crippen LogP contribution in [0.1, 0.15) is 13.8 Å². The molecule has 0 N–H and O–H groups in total. The molecular weight excluding hydrogens is 196 g/mol. The van der Waals surface area contributed by atoms with Gasteiger partial charge in [0.05, 0.1) is 6.61 Å². The first-order valence-corrected chi connectivity index (χ1v) is 3.86. The predicted molar refractivity (Wildman–Crippen MR) is 41.6 cm³/mol. The van der Waals surface area contributed by atoms with Crippen LogP contribution in [0.2, 0.25) is 0 Å². The fourth-order valence-electron chi connectivity index (χ4n) is 0.819. The number of hydrogen-bond donors (Lipinski definition) is 0. The Labute approximate surface area is 69.0 Å². The lowest BCUT2D eigenvalue weighted by Crippen LogP contribution is -2.20. The van der Waals surface area contributed by atoms with Crippen molar-refractivity contribution >= 4 is 15.9 Å². The van der Waals surface area contributed by atoms with Crippen molar-refractivity contribution in [1.82, 2.24) is 0 Å². The minimum Gasteiger partial charge on any atom is -0.347 e. The third-order valence-electron chi connectivity index (χ3n) is 1.22. The Morgan fingerprint density at radius 1 is 1.60 bits per heavy atom. The molecular formula is C7H9BrO2. The van der Waals surface area contributed by atoms with Gasteiger partial charge in [-0.25, -0.2) is 0 Å². The number of ether oxygens (including phenoxy) is 2. The smallest absolute Gasteiger partial charge is 0.164 e. The molecule has 3 heteroatoms. The number of halogens is 1. The molecule has 0 unspecified atom stereocenters. The summed E-state index contributed by atoms with van der Waals surface area (Å²) in [5.74, 6) is 2.36. The highest BCUT2D eigenvalue weighted by Gasteiger charge is 2.31. The van der Waals surface area contributed by atoms with Gasteiger partial charge in [0.15, 0.2) is 5.79 Å². The van der Waals surface area contributed by atoms with E-state index in [2.05, 4.69) is 26.7 Å². The fourth-order valence-corrected chi connectivity index (χ4v) is 1.07. The van der Waals surface area contributed by atoms with Crippen molar-refractivity contribution in [3.8, 4) is 10.8 Å². The van der Waals surface area contributed by atoms with Crippen LogP contribution in [0.15, 0.2) is 0 Å². The Balaban J connectivity index is 2.48. The monoisotopic (exact) mass is 204 g/mol. The number of rotatable bonds is 0. The van der Waals surface area contributed by atoms with Crippen LogP contribution in [0.3, 0.4) is 0 Å². The van der Waals surface area contributed by atoms with Gasteiger partial charge in [0, 0.05) is 15.9 Å². The second kappa shape index (κ2) is 2.91. The maximum absolute atomic E-state index is 5.36. The highest BCUT2D eigenvalue weighted by Crippen LogP contribution is 2.21. The highest BCUT2D eigenvalue weighted by atomic mass is 79.9. The standard InChI is InChI=1S/C7H9BrO2/c1-7(2)9-5-6(10-7)3-4-8/h6H,5H2,1-2H3/t6-/m1/s1. The summed E-state index contributed by atoms with van der Waals surface area (Å²) in [5.41, 5.74) is 0. The van der Waals surface area contributed by atoms with Gasteiger partial charge in [-0.05, 0) is 18.7 Å². The quantitative estimate of drug-likeness (QED) is 0.558. The summed E-state index contributed by atoms with van der Waals surface area (Å²) in [6.45, 7) is 4.32. The summed E-state index contributed by atoms with van der Waals surface area (Å²) in [5, 5.41) is 0. The van der Waals surface area contributed by atoms with E-state index in [-0.39, 0.29) is 6.10 Å². The maximum Gasteiger partial charge on any atom is 0.164 e. The van der Waals surface area contributed by atoms with Gasteiger partial charge in [0.2, 0.25) is 0 Å². The molecule has 0 radical (unpaired) electrons. The summed E-state index contributed by atoms with van der Waals surface area (Å²) in [4.78, 5) is 2.60. The first kappa shape index (κ1) is 8.06. The van der Waals surface area contributed by atoms with Crippen LogP contribution in [0.25, 0.3) is 0 Å². The normalized spacial score (nSPS) is 29.3. The van der Waals surface area contributed by atoms with E-state index in [9.17, 15) is 0 Å². The molecule has 56 valence electrons. The van der Waals surface area contributed by atoms with Gasteiger partial charge in [-0.3, -0.25) is 0 Å². The molecule has 10 heavy (non-hydrogen) atoms. The summed E-state index contributed by atoms with van der Waals surface area (Å²) >= 11 is 3.00. The van der Waals surface area contributed by atoms with Crippen LogP contribution < -0.4 is 0 Å². The van der Waals surface area contributed by atoms with E-state index in [4.69, 9.17) is 9.47 Å². The van der Waals surface area contributed by atoms with Gasteiger partial charge in [-0.2, -0.15) is 0 Å². The van der Waals surface area contributed by atoms with Crippen LogP contribution in [-0.4, -0.2) is 18.5 Å². The SMILES string of the molecule is CC1(C)OC[C@@H](C#CBr)O1. The molecule has 0 saturated carbocycles. The molecule has 0 aliphatic carbocycles. The molecule has 1 saturated heterocycles. The van der Waals surface area contributed by atoms with Crippen molar-refractivity contribution in [3.63, 3.8) is 0 Å². The lowest BCUT2D eigenvalue weighted by atomic mass is 10.4. The molecule has 1 aliphatic heterocycles. The van der Waals surface area contributed by atoms with Crippen molar-refractivity contribution in [3.05, 3.63) is 0 Å². The number of hydrogen-bond acceptors (Lipinski definition) is 2. The lowest BCUT2D eigenvalue weighted by Gasteiger charge is -2.14. The van der Waals surface area contributed by atoms with Gasteiger partial charge in [-0.15, -0.1) is 0 Å². The van der Waals surface area contributed by atoms with Crippen molar-refractivity contribution in [2.24, 2.45) is 0 Å². The first-order valence-electron chi connectivity index (χ1n) is 3.07. The molecule has 0 aromatic rings. The zero-order valence-electron chi connectivity index (χ0n) is 5.98. The molecule has 1 aliphatic rings. The van der Waals surface area contributed by atoms with Gasteiger partial charge in [0.25, 0.3) is 0 Å². The zero-order valence-corrected chi connectivity index (χ0v) is 7.56. The van der Waals surface area contributed by atoms with Crippen LogP contribution in [0.4, 0.5) is 0 Å². The third kappa shape index (κ3) is 1.98. The topological polar surface area (TPSA) is 18.5 Å². The minimum absolute atomic E-state index is 0.0747. The fraction of sp³-hybridized carbons (Fsp3) is 0.714. The molecule has 0 aromatic carbocycles. The van der Waals surface area contributed by atoms with Gasteiger partial charge < -0.3 is 9.47 Å². The molecule has 2 nitrogen and oxygen atoms in total. The highest BCUT2D eigenvalue weighted by molar-refractivity contribution is 9.12. The third-order valence-corrected chi connectivity index (χ3v) is 1.45. The molecule has 1 heterocycles. The second-order valence-electron chi connectivity index (χ2n) is 2.56. The van der Waals surface area contributed by atoms with Crippen molar-refractivity contribution < 1.29 is 9.47 Å². The van der Waals surface area contributed by atoms with E-state index >= 15 is 0 Å². The van der Waals surface area contributed by atoms with Crippen LogP contribution >= 0.6 is 15.9 Å². The van der Waals surface area contributed by atoms with Crippen molar-refractivity contribution in [1.29, 1.82) is 0 Å². The Morgan fingerprint density at radius 2 is 2.30 bits per heavy atom. The molecule has 1 rings (SSSR count). The van der Waals surface area contributed by atoms with Gasteiger partial charge >= 0.3 is 0 Å². The average Bonchev–Trinajstić information content (AvgIpc) is 2.12. The predicted octanol–water partition coefficient (Wildman–Crippen LogP) is 1.49. The van der Waals surface area contributed by atoms with E-state index < -0.39 is 5.79 Å². The van der Waals surface area contributed by atoms with Crippen LogP contribution in [0.5, 0.6) is 0 Å². The largest absolute Gasteiger partial charge is 0.347 e. The summed E-state index contributed by atoms with van der Waals surface area (Å²) in [7, 11) is 0. The van der Waals surface area contributed by atoms with E-state index in [1.807, 2.05) is 13.8 Å². The van der Waals surface area contributed by atoms with E-state index in [0.717, 1.165) is 0 Å². The zero-order chi connectivity index (χ0) is 7.61. The molecule has 1 fully saturated rings. The summed E-state index contributed by atoms with van der Waals surface area (Å²) in [6.07, 6.45) is -0.0747. The minimum atomic E-state index is -0.457. The van der Waals surface area contributed by atoms with E-state index in [1.54, 1.807) is 0 Å². The van der Waals surface area contributed by atoms with Crippen LogP contribution in [-0.2, 0) is 9.47 Å². The Kier molecular flexibility index (Phi) is 2.35. The first-order chi connectivity index (χ1) is 4.64. The molecule has 0 bridgehead atoms. The van der Waals surface area contributed by atoms with Crippen LogP contribution in [0, 0.1) is 10.8 Å². The van der Waals surface area contributed by atoms with Gasteiger partial charge in [-0.1, -0.05) is 5.92 Å². The van der Waals surface area contributed by atoms with Crippen molar-refractivity contribution in [2.45, 2.75) is 25.7 Å². The molecule has 0 aromatic heterocycles. The second-order valence-corrected chi connectivity index (χ2v) is 2.95. The Morgan fingerprint density at radius 3 is 2.70 bits per heavy atom. The molecule has 0 spiro atoms. The maximum atomic E-state index is 5.36.